The molecule has 0 aliphatic rings. The van der Waals surface area contributed by atoms with E-state index in [9.17, 15) is 9.59 Å². The van der Waals surface area contributed by atoms with Crippen molar-refractivity contribution in [2.24, 2.45) is 5.73 Å². The van der Waals surface area contributed by atoms with Crippen LogP contribution >= 0.6 is 22.9 Å². The number of halogens is 1. The van der Waals surface area contributed by atoms with E-state index in [1.165, 1.54) is 29.5 Å². The summed E-state index contributed by atoms with van der Waals surface area (Å²) in [6.45, 7) is 2.29. The van der Waals surface area contributed by atoms with E-state index in [0.29, 0.717) is 27.9 Å². The number of hydrogen-bond donors (Lipinski definition) is 2. The molecule has 0 atom stereocenters. The minimum Gasteiger partial charge on any atom is -0.492 e. The zero-order valence-electron chi connectivity index (χ0n) is 14.5. The first-order valence-corrected chi connectivity index (χ1v) is 9.41. The molecule has 0 radical (unpaired) electrons. The van der Waals surface area contributed by atoms with Gasteiger partial charge < -0.3 is 15.8 Å². The monoisotopic (exact) mass is 400 g/mol. The number of amides is 2. The average Bonchev–Trinajstić information content (AvgIpc) is 3.08. The van der Waals surface area contributed by atoms with E-state index in [0.717, 1.165) is 10.4 Å². The number of carbonyl (C=O) groups is 2. The van der Waals surface area contributed by atoms with Crippen LogP contribution in [0.1, 0.15) is 27.0 Å². The molecule has 2 aromatic carbocycles. The van der Waals surface area contributed by atoms with Crippen LogP contribution in [-0.4, -0.2) is 18.4 Å². The standard InChI is InChI=1S/C20H17ClN2O3S/c1-2-26-16-11-17(12-6-4-3-5-7-12)27-18(16)20(25)23-15-10-13(19(22)24)8-9-14(15)21/h3-11H,2H2,1H3,(H2,22,24)(H,23,25). The zero-order valence-corrected chi connectivity index (χ0v) is 16.1. The van der Waals surface area contributed by atoms with Crippen molar-refractivity contribution in [1.82, 2.24) is 0 Å². The number of nitrogens with two attached hydrogens (primary N) is 1. The largest absolute Gasteiger partial charge is 0.492 e. The first-order valence-electron chi connectivity index (χ1n) is 8.22. The molecule has 0 aliphatic carbocycles. The molecule has 3 aromatic rings. The number of benzene rings is 2. The highest BCUT2D eigenvalue weighted by Gasteiger charge is 2.20. The molecule has 1 aromatic heterocycles. The fourth-order valence-corrected chi connectivity index (χ4v) is 3.66. The Morgan fingerprint density at radius 3 is 2.56 bits per heavy atom. The van der Waals surface area contributed by atoms with E-state index < -0.39 is 5.91 Å². The molecule has 0 saturated carbocycles. The van der Waals surface area contributed by atoms with Gasteiger partial charge in [-0.1, -0.05) is 41.9 Å². The smallest absolute Gasteiger partial charge is 0.269 e. The van der Waals surface area contributed by atoms with Crippen LogP contribution in [0.5, 0.6) is 5.75 Å². The van der Waals surface area contributed by atoms with Gasteiger partial charge >= 0.3 is 0 Å². The molecule has 0 fully saturated rings. The predicted molar refractivity (Wildman–Crippen MR) is 109 cm³/mol. The van der Waals surface area contributed by atoms with Crippen LogP contribution in [0.3, 0.4) is 0 Å². The minimum absolute atomic E-state index is 0.260. The van der Waals surface area contributed by atoms with E-state index in [-0.39, 0.29) is 11.5 Å². The first-order chi connectivity index (χ1) is 13.0. The van der Waals surface area contributed by atoms with Crippen molar-refractivity contribution in [3.05, 3.63) is 70.1 Å². The summed E-state index contributed by atoms with van der Waals surface area (Å²) in [7, 11) is 0. The van der Waals surface area contributed by atoms with Gasteiger partial charge in [-0.05, 0) is 36.8 Å². The topological polar surface area (TPSA) is 81.4 Å². The third kappa shape index (κ3) is 4.30. The Morgan fingerprint density at radius 2 is 1.89 bits per heavy atom. The van der Waals surface area contributed by atoms with Crippen molar-refractivity contribution in [1.29, 1.82) is 0 Å². The molecule has 0 aliphatic heterocycles. The average molecular weight is 401 g/mol. The summed E-state index contributed by atoms with van der Waals surface area (Å²) >= 11 is 7.46. The Bertz CT molecular complexity index is 986. The maximum Gasteiger partial charge on any atom is 0.269 e. The number of thiophene rings is 1. The number of carbonyl (C=O) groups excluding carboxylic acids is 2. The van der Waals surface area contributed by atoms with Crippen LogP contribution in [0.15, 0.2) is 54.6 Å². The quantitative estimate of drug-likeness (QED) is 0.622. The second-order valence-electron chi connectivity index (χ2n) is 5.62. The summed E-state index contributed by atoms with van der Waals surface area (Å²) in [5, 5.41) is 3.05. The number of primary amides is 1. The summed E-state index contributed by atoms with van der Waals surface area (Å²) in [5.41, 5.74) is 6.86. The molecule has 2 amide bonds. The highest BCUT2D eigenvalue weighted by molar-refractivity contribution is 7.17. The Balaban J connectivity index is 1.93. The first kappa shape index (κ1) is 18.9. The fraction of sp³-hybridized carbons (Fsp3) is 0.100. The number of nitrogens with one attached hydrogen (secondary N) is 1. The van der Waals surface area contributed by atoms with E-state index in [1.54, 1.807) is 0 Å². The van der Waals surface area contributed by atoms with Crippen molar-refractivity contribution in [3.63, 3.8) is 0 Å². The predicted octanol–water partition coefficient (Wildman–Crippen LogP) is 4.82. The summed E-state index contributed by atoms with van der Waals surface area (Å²) in [5.74, 6) is -0.463. The normalized spacial score (nSPS) is 10.4. The lowest BCUT2D eigenvalue weighted by Crippen LogP contribution is -2.14. The van der Waals surface area contributed by atoms with Crippen LogP contribution < -0.4 is 15.8 Å². The van der Waals surface area contributed by atoms with E-state index in [2.05, 4.69) is 5.32 Å². The summed E-state index contributed by atoms with van der Waals surface area (Å²) in [6.07, 6.45) is 0. The van der Waals surface area contributed by atoms with Gasteiger partial charge in [0.2, 0.25) is 5.91 Å². The van der Waals surface area contributed by atoms with Crippen LogP contribution in [0.2, 0.25) is 5.02 Å². The van der Waals surface area contributed by atoms with Gasteiger partial charge in [-0.2, -0.15) is 0 Å². The lowest BCUT2D eigenvalue weighted by molar-refractivity contribution is 0.0996. The second-order valence-corrected chi connectivity index (χ2v) is 7.08. The van der Waals surface area contributed by atoms with Gasteiger partial charge in [0, 0.05) is 10.4 Å². The van der Waals surface area contributed by atoms with Crippen molar-refractivity contribution >= 4 is 40.4 Å². The molecule has 3 N–H and O–H groups in total. The summed E-state index contributed by atoms with van der Waals surface area (Å²) < 4.78 is 5.63. The lowest BCUT2D eigenvalue weighted by atomic mass is 10.2. The van der Waals surface area contributed by atoms with E-state index in [1.807, 2.05) is 43.3 Å². The SMILES string of the molecule is CCOc1cc(-c2ccccc2)sc1C(=O)Nc1cc(C(N)=O)ccc1Cl. The minimum atomic E-state index is -0.598. The molecule has 5 nitrogen and oxygen atoms in total. The van der Waals surface area contributed by atoms with E-state index in [4.69, 9.17) is 22.1 Å². The molecule has 0 bridgehead atoms. The molecular formula is C20H17ClN2O3S. The van der Waals surface area contributed by atoms with Crippen molar-refractivity contribution < 1.29 is 14.3 Å². The molecule has 0 spiro atoms. The Labute approximate surface area is 165 Å². The van der Waals surface area contributed by atoms with Gasteiger partial charge in [0.05, 0.1) is 17.3 Å². The molecular weight excluding hydrogens is 384 g/mol. The molecule has 27 heavy (non-hydrogen) atoms. The van der Waals surface area contributed by atoms with Crippen LogP contribution in [0, 0.1) is 0 Å². The molecule has 0 unspecified atom stereocenters. The van der Waals surface area contributed by atoms with Crippen molar-refractivity contribution in [2.75, 3.05) is 11.9 Å². The van der Waals surface area contributed by atoms with Gasteiger partial charge in [-0.25, -0.2) is 0 Å². The second kappa shape index (κ2) is 8.24. The number of ether oxygens (including phenoxy) is 1. The molecule has 7 heteroatoms. The van der Waals surface area contributed by atoms with Gasteiger partial charge in [0.25, 0.3) is 5.91 Å². The van der Waals surface area contributed by atoms with Gasteiger partial charge in [0.1, 0.15) is 10.6 Å². The van der Waals surface area contributed by atoms with Gasteiger partial charge in [0.15, 0.2) is 0 Å². The maximum atomic E-state index is 12.8. The lowest BCUT2D eigenvalue weighted by Gasteiger charge is -2.09. The zero-order chi connectivity index (χ0) is 19.4. The molecule has 0 saturated heterocycles. The third-order valence-electron chi connectivity index (χ3n) is 3.76. The molecule has 3 rings (SSSR count). The third-order valence-corrected chi connectivity index (χ3v) is 5.26. The van der Waals surface area contributed by atoms with Crippen LogP contribution in [0.25, 0.3) is 10.4 Å². The van der Waals surface area contributed by atoms with Crippen LogP contribution in [-0.2, 0) is 0 Å². The highest BCUT2D eigenvalue weighted by Crippen LogP contribution is 2.37. The van der Waals surface area contributed by atoms with Crippen LogP contribution in [0.4, 0.5) is 5.69 Å². The number of rotatable bonds is 6. The Morgan fingerprint density at radius 1 is 1.15 bits per heavy atom. The maximum absolute atomic E-state index is 12.8. The van der Waals surface area contributed by atoms with Crippen molar-refractivity contribution in [3.8, 4) is 16.2 Å². The Kier molecular flexibility index (Phi) is 5.78. The molecule has 138 valence electrons. The summed E-state index contributed by atoms with van der Waals surface area (Å²) in [6, 6.07) is 16.1. The van der Waals surface area contributed by atoms with Gasteiger partial charge in [-0.15, -0.1) is 11.3 Å². The number of anilines is 1. The molecule has 1 heterocycles. The number of hydrogen-bond acceptors (Lipinski definition) is 4. The van der Waals surface area contributed by atoms with Crippen molar-refractivity contribution in [2.45, 2.75) is 6.92 Å². The highest BCUT2D eigenvalue weighted by atomic mass is 35.5. The van der Waals surface area contributed by atoms with E-state index >= 15 is 0 Å². The fourth-order valence-electron chi connectivity index (χ4n) is 2.49. The summed E-state index contributed by atoms with van der Waals surface area (Å²) in [4.78, 5) is 25.5. The van der Waals surface area contributed by atoms with Gasteiger partial charge in [-0.3, -0.25) is 9.59 Å². The Hall–Kier alpha value is -2.83.